The number of hydrogen-bond donors (Lipinski definition) is 2. The molecule has 0 saturated carbocycles. The molecule has 0 radical (unpaired) electrons. The first-order valence-electron chi connectivity index (χ1n) is 8.52. The van der Waals surface area contributed by atoms with E-state index >= 15 is 0 Å². The number of amides is 1. The van der Waals surface area contributed by atoms with E-state index in [1.807, 2.05) is 20.8 Å². The van der Waals surface area contributed by atoms with Crippen LogP contribution in [0.5, 0.6) is 0 Å². The molecular weight excluding hydrogens is 264 g/mol. The SMILES string of the molecule is CCCCC(CNC(=O)OC(C)(C)C)NCC(CC)CC. The first kappa shape index (κ1) is 20.2. The molecule has 0 aliphatic rings. The molecular formula is C17H36N2O2. The van der Waals surface area contributed by atoms with Crippen molar-refractivity contribution in [2.75, 3.05) is 13.1 Å². The first-order chi connectivity index (χ1) is 9.82. The van der Waals surface area contributed by atoms with Gasteiger partial charge in [0.2, 0.25) is 0 Å². The van der Waals surface area contributed by atoms with E-state index in [2.05, 4.69) is 31.4 Å². The van der Waals surface area contributed by atoms with E-state index in [0.717, 1.165) is 18.9 Å². The number of hydrogen-bond acceptors (Lipinski definition) is 3. The zero-order valence-electron chi connectivity index (χ0n) is 14.9. The van der Waals surface area contributed by atoms with E-state index in [1.54, 1.807) is 0 Å². The van der Waals surface area contributed by atoms with Gasteiger partial charge in [-0.2, -0.15) is 0 Å². The number of carbonyl (C=O) groups excluding carboxylic acids is 1. The average molecular weight is 300 g/mol. The highest BCUT2D eigenvalue weighted by Crippen LogP contribution is 2.09. The van der Waals surface area contributed by atoms with E-state index in [9.17, 15) is 4.79 Å². The van der Waals surface area contributed by atoms with Crippen molar-refractivity contribution in [2.24, 2.45) is 5.92 Å². The number of ether oxygens (including phenoxy) is 1. The van der Waals surface area contributed by atoms with Gasteiger partial charge in [-0.05, 0) is 39.7 Å². The van der Waals surface area contributed by atoms with Gasteiger partial charge in [0, 0.05) is 12.6 Å². The Labute approximate surface area is 131 Å². The molecule has 1 atom stereocenters. The second-order valence-corrected chi connectivity index (χ2v) is 6.81. The normalized spacial score (nSPS) is 13.3. The van der Waals surface area contributed by atoms with E-state index in [1.165, 1.54) is 25.7 Å². The van der Waals surface area contributed by atoms with Gasteiger partial charge in [0.1, 0.15) is 5.60 Å². The lowest BCUT2D eigenvalue weighted by Gasteiger charge is -2.24. The number of unbranched alkanes of at least 4 members (excludes halogenated alkanes) is 1. The molecule has 0 aromatic carbocycles. The summed E-state index contributed by atoms with van der Waals surface area (Å²) in [5.41, 5.74) is -0.439. The molecule has 0 aliphatic carbocycles. The topological polar surface area (TPSA) is 50.4 Å². The standard InChI is InChI=1S/C17H36N2O2/c1-7-10-11-15(18-12-14(8-2)9-3)13-19-16(20)21-17(4,5)6/h14-15,18H,7-13H2,1-6H3,(H,19,20). The van der Waals surface area contributed by atoms with E-state index in [4.69, 9.17) is 4.74 Å². The predicted molar refractivity (Wildman–Crippen MR) is 89.6 cm³/mol. The fourth-order valence-electron chi connectivity index (χ4n) is 2.16. The molecule has 0 aromatic heterocycles. The third kappa shape index (κ3) is 11.6. The lowest BCUT2D eigenvalue weighted by atomic mass is 10.0. The molecule has 0 fully saturated rings. The van der Waals surface area contributed by atoms with Gasteiger partial charge < -0.3 is 15.4 Å². The van der Waals surface area contributed by atoms with Gasteiger partial charge in [-0.15, -0.1) is 0 Å². The van der Waals surface area contributed by atoms with Crippen molar-refractivity contribution in [3.05, 3.63) is 0 Å². The smallest absolute Gasteiger partial charge is 0.407 e. The summed E-state index contributed by atoms with van der Waals surface area (Å²) >= 11 is 0. The minimum Gasteiger partial charge on any atom is -0.444 e. The van der Waals surface area contributed by atoms with Crippen molar-refractivity contribution in [1.82, 2.24) is 10.6 Å². The molecule has 0 spiro atoms. The highest BCUT2D eigenvalue weighted by atomic mass is 16.6. The van der Waals surface area contributed by atoms with E-state index in [0.29, 0.717) is 12.6 Å². The molecule has 21 heavy (non-hydrogen) atoms. The minimum atomic E-state index is -0.439. The van der Waals surface area contributed by atoms with Crippen molar-refractivity contribution >= 4 is 6.09 Å². The summed E-state index contributed by atoms with van der Waals surface area (Å²) in [6.07, 6.45) is 5.51. The highest BCUT2D eigenvalue weighted by Gasteiger charge is 2.17. The monoisotopic (exact) mass is 300 g/mol. The summed E-state index contributed by atoms with van der Waals surface area (Å²) < 4.78 is 5.28. The molecule has 0 heterocycles. The van der Waals surface area contributed by atoms with Crippen LogP contribution in [-0.2, 0) is 4.74 Å². The quantitative estimate of drug-likeness (QED) is 0.639. The van der Waals surface area contributed by atoms with Crippen LogP contribution in [0.4, 0.5) is 4.79 Å². The molecule has 126 valence electrons. The summed E-state index contributed by atoms with van der Waals surface area (Å²) in [6.45, 7) is 14.0. The average Bonchev–Trinajstić information content (AvgIpc) is 2.40. The van der Waals surface area contributed by atoms with Crippen LogP contribution in [0.1, 0.15) is 73.6 Å². The predicted octanol–water partition coefficient (Wildman–Crippen LogP) is 4.10. The Morgan fingerprint density at radius 1 is 1.10 bits per heavy atom. The van der Waals surface area contributed by atoms with Gasteiger partial charge in [-0.25, -0.2) is 4.79 Å². The van der Waals surface area contributed by atoms with Gasteiger partial charge >= 0.3 is 6.09 Å². The van der Waals surface area contributed by atoms with Crippen LogP contribution in [0.3, 0.4) is 0 Å². The van der Waals surface area contributed by atoms with Gasteiger partial charge in [-0.1, -0.05) is 46.5 Å². The number of rotatable bonds is 10. The molecule has 1 unspecified atom stereocenters. The Balaban J connectivity index is 4.19. The number of carbonyl (C=O) groups is 1. The zero-order chi connectivity index (χ0) is 16.3. The van der Waals surface area contributed by atoms with Crippen LogP contribution in [0.15, 0.2) is 0 Å². The zero-order valence-corrected chi connectivity index (χ0v) is 14.9. The van der Waals surface area contributed by atoms with Gasteiger partial charge in [0.25, 0.3) is 0 Å². The summed E-state index contributed by atoms with van der Waals surface area (Å²) in [4.78, 5) is 11.7. The fraction of sp³-hybridized carbons (Fsp3) is 0.941. The second kappa shape index (κ2) is 10.9. The van der Waals surface area contributed by atoms with Crippen LogP contribution in [-0.4, -0.2) is 30.8 Å². The van der Waals surface area contributed by atoms with Gasteiger partial charge in [0.15, 0.2) is 0 Å². The summed E-state index contributed by atoms with van der Waals surface area (Å²) in [7, 11) is 0. The Morgan fingerprint density at radius 3 is 2.19 bits per heavy atom. The number of alkyl carbamates (subject to hydrolysis) is 1. The van der Waals surface area contributed by atoms with Crippen LogP contribution in [0, 0.1) is 5.92 Å². The maximum atomic E-state index is 11.7. The lowest BCUT2D eigenvalue weighted by molar-refractivity contribution is 0.0521. The molecule has 4 nitrogen and oxygen atoms in total. The summed E-state index contributed by atoms with van der Waals surface area (Å²) in [6, 6.07) is 0.332. The van der Waals surface area contributed by atoms with E-state index in [-0.39, 0.29) is 6.09 Å². The van der Waals surface area contributed by atoms with Gasteiger partial charge in [0.05, 0.1) is 0 Å². The molecule has 0 saturated heterocycles. The van der Waals surface area contributed by atoms with Gasteiger partial charge in [-0.3, -0.25) is 0 Å². The third-order valence-electron chi connectivity index (χ3n) is 3.65. The van der Waals surface area contributed by atoms with Crippen molar-refractivity contribution in [3.8, 4) is 0 Å². The molecule has 0 aromatic rings. The van der Waals surface area contributed by atoms with Crippen molar-refractivity contribution < 1.29 is 9.53 Å². The minimum absolute atomic E-state index is 0.326. The Bertz CT molecular complexity index is 270. The number of nitrogens with one attached hydrogen (secondary N) is 2. The van der Waals surface area contributed by atoms with Crippen LogP contribution in [0.2, 0.25) is 0 Å². The maximum absolute atomic E-state index is 11.7. The highest BCUT2D eigenvalue weighted by molar-refractivity contribution is 5.67. The summed E-state index contributed by atoms with van der Waals surface area (Å²) in [5.74, 6) is 0.718. The Morgan fingerprint density at radius 2 is 1.71 bits per heavy atom. The maximum Gasteiger partial charge on any atom is 0.407 e. The first-order valence-corrected chi connectivity index (χ1v) is 8.52. The van der Waals surface area contributed by atoms with Crippen molar-refractivity contribution in [2.45, 2.75) is 85.3 Å². The Kier molecular flexibility index (Phi) is 10.5. The van der Waals surface area contributed by atoms with Crippen LogP contribution >= 0.6 is 0 Å². The molecule has 0 rings (SSSR count). The fourth-order valence-corrected chi connectivity index (χ4v) is 2.16. The van der Waals surface area contributed by atoms with Crippen LogP contribution < -0.4 is 10.6 Å². The molecule has 0 bridgehead atoms. The lowest BCUT2D eigenvalue weighted by Crippen LogP contribution is -2.44. The van der Waals surface area contributed by atoms with Crippen molar-refractivity contribution in [1.29, 1.82) is 0 Å². The summed E-state index contributed by atoms with van der Waals surface area (Å²) in [5, 5.41) is 6.49. The molecule has 4 heteroatoms. The van der Waals surface area contributed by atoms with Crippen molar-refractivity contribution in [3.63, 3.8) is 0 Å². The third-order valence-corrected chi connectivity index (χ3v) is 3.65. The molecule has 1 amide bonds. The molecule has 2 N–H and O–H groups in total. The van der Waals surface area contributed by atoms with E-state index < -0.39 is 5.60 Å². The second-order valence-electron chi connectivity index (χ2n) is 6.81. The molecule has 0 aliphatic heterocycles. The van der Waals surface area contributed by atoms with Crippen LogP contribution in [0.25, 0.3) is 0 Å². The largest absolute Gasteiger partial charge is 0.444 e. The Hall–Kier alpha value is -0.770.